The quantitative estimate of drug-likeness (QED) is 0.940. The van der Waals surface area contributed by atoms with Gasteiger partial charge in [0.25, 0.3) is 0 Å². The molecule has 1 aliphatic heterocycles. The number of carboxylic acids is 1. The third-order valence-electron chi connectivity index (χ3n) is 4.16. The number of carboxylic acid groups (broad SMARTS) is 1. The maximum Gasteiger partial charge on any atom is 0.360 e. The number of aromatic carboxylic acids is 1. The third-order valence-corrected chi connectivity index (χ3v) is 4.16. The number of anilines is 1. The fourth-order valence-electron chi connectivity index (χ4n) is 3.01. The van der Waals surface area contributed by atoms with Crippen molar-refractivity contribution in [3.8, 4) is 5.69 Å². The van der Waals surface area contributed by atoms with Crippen molar-refractivity contribution in [2.24, 2.45) is 0 Å². The van der Waals surface area contributed by atoms with Crippen molar-refractivity contribution in [3.05, 3.63) is 36.0 Å². The smallest absolute Gasteiger partial charge is 0.360 e. The van der Waals surface area contributed by atoms with Gasteiger partial charge in [0.05, 0.1) is 5.69 Å². The maximum absolute atomic E-state index is 11.6. The van der Waals surface area contributed by atoms with Crippen LogP contribution in [0.4, 0.5) is 5.82 Å². The number of benzene rings is 1. The summed E-state index contributed by atoms with van der Waals surface area (Å²) >= 11 is 0. The number of carbonyl (C=O) groups is 1. The van der Waals surface area contributed by atoms with Crippen molar-refractivity contribution in [1.29, 1.82) is 0 Å². The minimum Gasteiger partial charge on any atom is -0.476 e. The zero-order valence-corrected chi connectivity index (χ0v) is 12.6. The van der Waals surface area contributed by atoms with E-state index in [0.29, 0.717) is 11.9 Å². The lowest BCUT2D eigenvalue weighted by molar-refractivity contribution is 0.0690. The molecule has 0 aliphatic carbocycles. The van der Waals surface area contributed by atoms with Crippen LogP contribution in [0.2, 0.25) is 0 Å². The Morgan fingerprint density at radius 2 is 2.05 bits per heavy atom. The number of piperidine rings is 1. The highest BCUT2D eigenvalue weighted by atomic mass is 16.4. The molecule has 1 saturated heterocycles. The Morgan fingerprint density at radius 1 is 1.27 bits per heavy atom. The van der Waals surface area contributed by atoms with Gasteiger partial charge in [-0.3, -0.25) is 0 Å². The van der Waals surface area contributed by atoms with E-state index in [0.717, 1.165) is 31.5 Å². The van der Waals surface area contributed by atoms with E-state index in [-0.39, 0.29) is 5.69 Å². The van der Waals surface area contributed by atoms with Crippen LogP contribution >= 0.6 is 0 Å². The summed E-state index contributed by atoms with van der Waals surface area (Å²) in [6.07, 6.45) is 4.31. The lowest BCUT2D eigenvalue weighted by atomic mass is 10.00. The largest absolute Gasteiger partial charge is 0.476 e. The standard InChI is InChI=1S/C16H20N4O2/c1-2-12-8-6-7-11-19(12)15-14(16(21)22)17-20(18-15)13-9-4-3-5-10-13/h3-5,9-10,12H,2,6-8,11H2,1H3,(H,21,22)/t12-/m0/s1. The van der Waals surface area contributed by atoms with E-state index in [1.807, 2.05) is 30.3 Å². The number of hydrogen-bond acceptors (Lipinski definition) is 4. The van der Waals surface area contributed by atoms with E-state index in [1.165, 1.54) is 11.2 Å². The van der Waals surface area contributed by atoms with E-state index < -0.39 is 5.97 Å². The Balaban J connectivity index is 2.02. The molecule has 2 heterocycles. The van der Waals surface area contributed by atoms with Gasteiger partial charge in [0.1, 0.15) is 0 Å². The summed E-state index contributed by atoms with van der Waals surface area (Å²) in [6.45, 7) is 2.97. The van der Waals surface area contributed by atoms with E-state index >= 15 is 0 Å². The summed E-state index contributed by atoms with van der Waals surface area (Å²) in [5.41, 5.74) is 0.797. The number of hydrogen-bond donors (Lipinski definition) is 1. The molecule has 0 unspecified atom stereocenters. The highest BCUT2D eigenvalue weighted by molar-refractivity contribution is 5.91. The predicted octanol–water partition coefficient (Wildman–Crippen LogP) is 2.73. The molecule has 1 N–H and O–H groups in total. The Kier molecular flexibility index (Phi) is 4.09. The molecule has 2 aromatic rings. The van der Waals surface area contributed by atoms with Gasteiger partial charge in [0, 0.05) is 12.6 Å². The SMILES string of the molecule is CC[C@H]1CCCCN1c1nn(-c2ccccc2)nc1C(=O)O. The van der Waals surface area contributed by atoms with Crippen molar-refractivity contribution < 1.29 is 9.90 Å². The van der Waals surface area contributed by atoms with Crippen LogP contribution in [0.15, 0.2) is 30.3 Å². The van der Waals surface area contributed by atoms with Gasteiger partial charge in [-0.25, -0.2) is 4.79 Å². The Labute approximate surface area is 129 Å². The van der Waals surface area contributed by atoms with Gasteiger partial charge in [-0.2, -0.15) is 0 Å². The van der Waals surface area contributed by atoms with E-state index in [1.54, 1.807) is 0 Å². The van der Waals surface area contributed by atoms with Crippen molar-refractivity contribution in [1.82, 2.24) is 15.0 Å². The minimum atomic E-state index is -1.03. The minimum absolute atomic E-state index is 0.0317. The number of aromatic nitrogens is 3. The average molecular weight is 300 g/mol. The molecular formula is C16H20N4O2. The van der Waals surface area contributed by atoms with Crippen LogP contribution in [0, 0.1) is 0 Å². The van der Waals surface area contributed by atoms with Gasteiger partial charge < -0.3 is 10.0 Å². The van der Waals surface area contributed by atoms with Crippen LogP contribution in [0.5, 0.6) is 0 Å². The van der Waals surface area contributed by atoms with Crippen LogP contribution in [-0.2, 0) is 0 Å². The lowest BCUT2D eigenvalue weighted by Crippen LogP contribution is -2.40. The first kappa shape index (κ1) is 14.6. The summed E-state index contributed by atoms with van der Waals surface area (Å²) in [5.74, 6) is -0.541. The van der Waals surface area contributed by atoms with Gasteiger partial charge in [0.15, 0.2) is 5.82 Å². The van der Waals surface area contributed by atoms with Crippen LogP contribution < -0.4 is 4.90 Å². The predicted molar refractivity (Wildman–Crippen MR) is 83.6 cm³/mol. The molecule has 0 bridgehead atoms. The fraction of sp³-hybridized carbons (Fsp3) is 0.438. The van der Waals surface area contributed by atoms with Crippen molar-refractivity contribution in [2.45, 2.75) is 38.6 Å². The molecule has 0 saturated carbocycles. The first-order valence-corrected chi connectivity index (χ1v) is 7.73. The summed E-state index contributed by atoms with van der Waals surface area (Å²) in [7, 11) is 0. The molecule has 1 fully saturated rings. The second kappa shape index (κ2) is 6.17. The molecule has 1 aliphatic rings. The molecule has 3 rings (SSSR count). The van der Waals surface area contributed by atoms with E-state index in [4.69, 9.17) is 0 Å². The number of nitrogens with zero attached hydrogens (tertiary/aromatic N) is 4. The molecular weight excluding hydrogens is 280 g/mol. The molecule has 6 nitrogen and oxygen atoms in total. The molecule has 22 heavy (non-hydrogen) atoms. The Morgan fingerprint density at radius 3 is 2.73 bits per heavy atom. The molecule has 0 radical (unpaired) electrons. The van der Waals surface area contributed by atoms with Crippen molar-refractivity contribution in [2.75, 3.05) is 11.4 Å². The lowest BCUT2D eigenvalue weighted by Gasteiger charge is -2.35. The molecule has 1 aromatic carbocycles. The number of rotatable bonds is 4. The van der Waals surface area contributed by atoms with Crippen LogP contribution in [0.25, 0.3) is 5.69 Å². The van der Waals surface area contributed by atoms with Crippen LogP contribution in [0.1, 0.15) is 43.1 Å². The number of para-hydroxylation sites is 1. The second-order valence-electron chi connectivity index (χ2n) is 5.55. The van der Waals surface area contributed by atoms with E-state index in [2.05, 4.69) is 22.0 Å². The van der Waals surface area contributed by atoms with Gasteiger partial charge in [-0.15, -0.1) is 15.0 Å². The van der Waals surface area contributed by atoms with Gasteiger partial charge in [-0.1, -0.05) is 25.1 Å². The molecule has 1 aromatic heterocycles. The monoisotopic (exact) mass is 300 g/mol. The van der Waals surface area contributed by atoms with Crippen LogP contribution in [-0.4, -0.2) is 38.7 Å². The first-order valence-electron chi connectivity index (χ1n) is 7.73. The molecule has 0 amide bonds. The van der Waals surface area contributed by atoms with Crippen LogP contribution in [0.3, 0.4) is 0 Å². The summed E-state index contributed by atoms with van der Waals surface area (Å²) in [6, 6.07) is 9.74. The fourth-order valence-corrected chi connectivity index (χ4v) is 3.01. The normalized spacial score (nSPS) is 18.4. The molecule has 0 spiro atoms. The van der Waals surface area contributed by atoms with Crippen molar-refractivity contribution >= 4 is 11.8 Å². The maximum atomic E-state index is 11.6. The molecule has 116 valence electrons. The zero-order valence-electron chi connectivity index (χ0n) is 12.6. The van der Waals surface area contributed by atoms with E-state index in [9.17, 15) is 9.90 Å². The van der Waals surface area contributed by atoms with Crippen molar-refractivity contribution in [3.63, 3.8) is 0 Å². The van der Waals surface area contributed by atoms with Gasteiger partial charge >= 0.3 is 5.97 Å². The van der Waals surface area contributed by atoms with Gasteiger partial charge in [-0.05, 0) is 37.8 Å². The Hall–Kier alpha value is -2.37. The topological polar surface area (TPSA) is 71.2 Å². The highest BCUT2D eigenvalue weighted by Crippen LogP contribution is 2.27. The zero-order chi connectivity index (χ0) is 15.5. The second-order valence-corrected chi connectivity index (χ2v) is 5.55. The van der Waals surface area contributed by atoms with Gasteiger partial charge in [0.2, 0.25) is 5.69 Å². The third kappa shape index (κ3) is 2.68. The summed E-state index contributed by atoms with van der Waals surface area (Å²) in [5, 5.41) is 18.1. The average Bonchev–Trinajstić information content (AvgIpc) is 3.01. The summed E-state index contributed by atoms with van der Waals surface area (Å²) in [4.78, 5) is 15.1. The first-order chi connectivity index (χ1) is 10.7. The Bertz CT molecular complexity index is 653. The summed E-state index contributed by atoms with van der Waals surface area (Å²) < 4.78 is 0. The molecule has 1 atom stereocenters. The highest BCUT2D eigenvalue weighted by Gasteiger charge is 2.29. The molecule has 6 heteroatoms.